The summed E-state index contributed by atoms with van der Waals surface area (Å²) in [5.41, 5.74) is 2.36. The molecule has 0 spiro atoms. The number of amides is 2. The first-order valence-corrected chi connectivity index (χ1v) is 12.4. The molecule has 1 aliphatic rings. The second-order valence-corrected chi connectivity index (χ2v) is 9.55. The Kier molecular flexibility index (Phi) is 8.33. The second kappa shape index (κ2) is 11.8. The van der Waals surface area contributed by atoms with Gasteiger partial charge in [0, 0.05) is 49.3 Å². The number of Topliss-reactive ketones (excluding diaryl/α,β-unsaturated/α-hetero) is 1. The molecule has 2 aromatic heterocycles. The minimum atomic E-state index is -0.372. The Hall–Kier alpha value is -3.43. The van der Waals surface area contributed by atoms with Crippen LogP contribution < -0.4 is 0 Å². The third-order valence-corrected chi connectivity index (χ3v) is 6.62. The number of ketones is 1. The third-order valence-electron chi connectivity index (χ3n) is 5.80. The van der Waals surface area contributed by atoms with Gasteiger partial charge in [-0.1, -0.05) is 30.3 Å². The van der Waals surface area contributed by atoms with Crippen molar-refractivity contribution in [3.63, 3.8) is 0 Å². The third kappa shape index (κ3) is 7.03. The van der Waals surface area contributed by atoms with E-state index in [1.54, 1.807) is 41.6 Å². The van der Waals surface area contributed by atoms with Gasteiger partial charge >= 0.3 is 0 Å². The number of aromatic nitrogens is 2. The zero-order valence-corrected chi connectivity index (χ0v) is 20.4. The van der Waals surface area contributed by atoms with Crippen LogP contribution in [0.3, 0.4) is 0 Å². The number of aryl methyl sites for hydroxylation is 1. The maximum atomic E-state index is 13.1. The Balaban J connectivity index is 1.43. The average Bonchev–Trinajstić information content (AvgIpc) is 3.22. The molecule has 182 valence electrons. The number of ether oxygens (including phenoxy) is 1. The fraction of sp³-hybridized carbons (Fsp3) is 0.346. The van der Waals surface area contributed by atoms with E-state index >= 15 is 0 Å². The van der Waals surface area contributed by atoms with Crippen LogP contribution in [-0.2, 0) is 27.5 Å². The zero-order chi connectivity index (χ0) is 24.6. The van der Waals surface area contributed by atoms with Crippen molar-refractivity contribution in [2.45, 2.75) is 39.0 Å². The van der Waals surface area contributed by atoms with Gasteiger partial charge in [-0.05, 0) is 24.6 Å². The Morgan fingerprint density at radius 3 is 2.57 bits per heavy atom. The highest BCUT2D eigenvalue weighted by molar-refractivity contribution is 7.09. The first kappa shape index (κ1) is 24.7. The number of benzene rings is 1. The van der Waals surface area contributed by atoms with E-state index in [9.17, 15) is 14.4 Å². The molecular formula is C26H28N4O4S. The van der Waals surface area contributed by atoms with Crippen LogP contribution in [0, 0.1) is 6.92 Å². The predicted octanol–water partition coefficient (Wildman–Crippen LogP) is 3.27. The van der Waals surface area contributed by atoms with Crippen molar-refractivity contribution in [3.8, 4) is 0 Å². The topological polar surface area (TPSA) is 92.7 Å². The summed E-state index contributed by atoms with van der Waals surface area (Å²) in [5, 5.41) is 2.88. The van der Waals surface area contributed by atoms with E-state index < -0.39 is 0 Å². The molecular weight excluding hydrogens is 464 g/mol. The number of thiazole rings is 1. The molecule has 1 aliphatic heterocycles. The SMILES string of the molecule is Cc1nc(CN2CC(OCc3ccncc3)CN(C(=O)CCC(=O)c3ccccc3)CC2=O)cs1. The summed E-state index contributed by atoms with van der Waals surface area (Å²) in [6, 6.07) is 12.7. The second-order valence-electron chi connectivity index (χ2n) is 8.48. The van der Waals surface area contributed by atoms with E-state index in [0.717, 1.165) is 16.3 Å². The number of carbonyl (C=O) groups is 3. The summed E-state index contributed by atoms with van der Waals surface area (Å²) in [6.07, 6.45) is 3.17. The molecule has 0 radical (unpaired) electrons. The summed E-state index contributed by atoms with van der Waals surface area (Å²) in [7, 11) is 0. The normalized spacial score (nSPS) is 16.3. The number of nitrogens with zero attached hydrogens (tertiary/aromatic N) is 4. The maximum Gasteiger partial charge on any atom is 0.242 e. The summed E-state index contributed by atoms with van der Waals surface area (Å²) in [4.78, 5) is 50.3. The molecule has 0 N–H and O–H groups in total. The monoisotopic (exact) mass is 492 g/mol. The average molecular weight is 493 g/mol. The van der Waals surface area contributed by atoms with Gasteiger partial charge in [0.05, 0.1) is 36.5 Å². The summed E-state index contributed by atoms with van der Waals surface area (Å²) in [5.74, 6) is -0.481. The first-order valence-electron chi connectivity index (χ1n) is 11.5. The van der Waals surface area contributed by atoms with Crippen LogP contribution in [0.4, 0.5) is 0 Å². The van der Waals surface area contributed by atoms with Crippen LogP contribution in [0.2, 0.25) is 0 Å². The molecule has 4 rings (SSSR count). The van der Waals surface area contributed by atoms with E-state index in [-0.39, 0.29) is 49.6 Å². The Morgan fingerprint density at radius 2 is 1.86 bits per heavy atom. The highest BCUT2D eigenvalue weighted by Gasteiger charge is 2.31. The van der Waals surface area contributed by atoms with Gasteiger partial charge in [0.1, 0.15) is 0 Å². The minimum Gasteiger partial charge on any atom is -0.370 e. The lowest BCUT2D eigenvalue weighted by molar-refractivity contribution is -0.139. The van der Waals surface area contributed by atoms with Crippen LogP contribution in [0.15, 0.2) is 60.2 Å². The molecule has 3 aromatic rings. The van der Waals surface area contributed by atoms with E-state index in [1.807, 2.05) is 30.5 Å². The highest BCUT2D eigenvalue weighted by Crippen LogP contribution is 2.17. The van der Waals surface area contributed by atoms with Crippen molar-refractivity contribution in [3.05, 3.63) is 82.1 Å². The first-order chi connectivity index (χ1) is 17.0. The minimum absolute atomic E-state index is 0.0450. The van der Waals surface area contributed by atoms with Crippen molar-refractivity contribution in [1.82, 2.24) is 19.8 Å². The lowest BCUT2D eigenvalue weighted by Crippen LogP contribution is -2.39. The fourth-order valence-electron chi connectivity index (χ4n) is 3.94. The van der Waals surface area contributed by atoms with Crippen molar-refractivity contribution >= 4 is 28.9 Å². The van der Waals surface area contributed by atoms with Gasteiger partial charge in [-0.25, -0.2) is 4.98 Å². The van der Waals surface area contributed by atoms with Gasteiger partial charge in [0.25, 0.3) is 0 Å². The fourth-order valence-corrected chi connectivity index (χ4v) is 4.55. The van der Waals surface area contributed by atoms with E-state index in [2.05, 4.69) is 9.97 Å². The van der Waals surface area contributed by atoms with Gasteiger partial charge in [0.15, 0.2) is 5.78 Å². The van der Waals surface area contributed by atoms with Crippen LogP contribution in [0.1, 0.15) is 39.5 Å². The summed E-state index contributed by atoms with van der Waals surface area (Å²) in [6.45, 7) is 3.23. The number of hydrogen-bond donors (Lipinski definition) is 0. The van der Waals surface area contributed by atoms with Gasteiger partial charge in [-0.3, -0.25) is 19.4 Å². The highest BCUT2D eigenvalue weighted by atomic mass is 32.1. The summed E-state index contributed by atoms with van der Waals surface area (Å²) < 4.78 is 6.15. The van der Waals surface area contributed by atoms with E-state index in [0.29, 0.717) is 25.3 Å². The Bertz CT molecular complexity index is 1150. The van der Waals surface area contributed by atoms with Gasteiger partial charge < -0.3 is 14.5 Å². The number of hydrogen-bond acceptors (Lipinski definition) is 7. The summed E-state index contributed by atoms with van der Waals surface area (Å²) >= 11 is 1.54. The number of rotatable bonds is 9. The molecule has 1 unspecified atom stereocenters. The number of carbonyl (C=O) groups excluding carboxylic acids is 3. The van der Waals surface area contributed by atoms with Crippen molar-refractivity contribution in [1.29, 1.82) is 0 Å². The van der Waals surface area contributed by atoms with Crippen molar-refractivity contribution in [2.24, 2.45) is 0 Å². The standard InChI is InChI=1S/C26H28N4O4S/c1-19-28-22(18-35-19)13-29-14-23(34-17-20-9-11-27-12-10-20)15-30(16-26(29)33)25(32)8-7-24(31)21-5-3-2-4-6-21/h2-6,9-12,18,23H,7-8,13-17H2,1H3. The molecule has 0 saturated carbocycles. The molecule has 1 saturated heterocycles. The lowest BCUT2D eigenvalue weighted by atomic mass is 10.1. The van der Waals surface area contributed by atoms with Crippen LogP contribution in [0.25, 0.3) is 0 Å². The smallest absolute Gasteiger partial charge is 0.242 e. The van der Waals surface area contributed by atoms with Gasteiger partial charge in [-0.15, -0.1) is 11.3 Å². The molecule has 0 aliphatic carbocycles. The molecule has 0 bridgehead atoms. The molecule has 9 heteroatoms. The van der Waals surface area contributed by atoms with Crippen LogP contribution in [0.5, 0.6) is 0 Å². The molecule has 8 nitrogen and oxygen atoms in total. The van der Waals surface area contributed by atoms with Crippen molar-refractivity contribution in [2.75, 3.05) is 19.6 Å². The lowest BCUT2D eigenvalue weighted by Gasteiger charge is -2.24. The Morgan fingerprint density at radius 1 is 1.09 bits per heavy atom. The molecule has 1 aromatic carbocycles. The van der Waals surface area contributed by atoms with Gasteiger partial charge in [0.2, 0.25) is 11.8 Å². The largest absolute Gasteiger partial charge is 0.370 e. The maximum absolute atomic E-state index is 13.1. The molecule has 35 heavy (non-hydrogen) atoms. The van der Waals surface area contributed by atoms with Crippen LogP contribution >= 0.6 is 11.3 Å². The molecule has 1 atom stereocenters. The number of pyridine rings is 1. The van der Waals surface area contributed by atoms with Crippen molar-refractivity contribution < 1.29 is 19.1 Å². The Labute approximate surface area is 208 Å². The predicted molar refractivity (Wildman–Crippen MR) is 132 cm³/mol. The van der Waals surface area contributed by atoms with Gasteiger partial charge in [-0.2, -0.15) is 0 Å². The quantitative estimate of drug-likeness (QED) is 0.426. The molecule has 1 fully saturated rings. The van der Waals surface area contributed by atoms with E-state index in [4.69, 9.17) is 4.74 Å². The molecule has 2 amide bonds. The van der Waals surface area contributed by atoms with E-state index in [1.165, 1.54) is 16.2 Å². The zero-order valence-electron chi connectivity index (χ0n) is 19.6. The molecule has 3 heterocycles. The van der Waals surface area contributed by atoms with Crippen LogP contribution in [-0.4, -0.2) is 63.1 Å².